The molecule has 2 aromatic carbocycles. The van der Waals surface area contributed by atoms with Gasteiger partial charge in [0.05, 0.1) is 14.2 Å². The SMILES string of the molecule is COc1ccc(/C=C/C(=O)N2CCC(c3ccccc3)C2)cc1OC. The van der Waals surface area contributed by atoms with Gasteiger partial charge in [-0.2, -0.15) is 0 Å². The first-order chi connectivity index (χ1) is 12.2. The van der Waals surface area contributed by atoms with Gasteiger partial charge in [0.25, 0.3) is 0 Å². The lowest BCUT2D eigenvalue weighted by Crippen LogP contribution is -2.26. The van der Waals surface area contributed by atoms with E-state index in [0.29, 0.717) is 17.4 Å². The summed E-state index contributed by atoms with van der Waals surface area (Å²) in [6.07, 6.45) is 4.47. The Morgan fingerprint density at radius 2 is 1.84 bits per heavy atom. The maximum absolute atomic E-state index is 12.5. The van der Waals surface area contributed by atoms with Gasteiger partial charge in [0, 0.05) is 25.1 Å². The molecule has 0 bridgehead atoms. The van der Waals surface area contributed by atoms with Gasteiger partial charge in [-0.15, -0.1) is 0 Å². The normalized spacial score (nSPS) is 17.0. The van der Waals surface area contributed by atoms with E-state index in [9.17, 15) is 4.79 Å². The summed E-state index contributed by atoms with van der Waals surface area (Å²) < 4.78 is 10.5. The molecule has 1 heterocycles. The third kappa shape index (κ3) is 4.02. The minimum atomic E-state index is 0.0493. The van der Waals surface area contributed by atoms with Crippen molar-refractivity contribution in [3.05, 3.63) is 65.7 Å². The van der Waals surface area contributed by atoms with Crippen molar-refractivity contribution < 1.29 is 14.3 Å². The fourth-order valence-electron chi connectivity index (χ4n) is 3.19. The molecule has 0 aromatic heterocycles. The number of carbonyl (C=O) groups is 1. The fraction of sp³-hybridized carbons (Fsp3) is 0.286. The molecule has 0 saturated carbocycles. The highest BCUT2D eigenvalue weighted by Gasteiger charge is 2.25. The highest BCUT2D eigenvalue weighted by molar-refractivity contribution is 5.92. The van der Waals surface area contributed by atoms with E-state index < -0.39 is 0 Å². The molecule has 1 aliphatic rings. The summed E-state index contributed by atoms with van der Waals surface area (Å²) in [5.74, 6) is 1.81. The Kier molecular flexibility index (Phi) is 5.39. The average Bonchev–Trinajstić information content (AvgIpc) is 3.17. The number of carbonyl (C=O) groups excluding carboxylic acids is 1. The molecular weight excluding hydrogens is 314 g/mol. The molecule has 0 N–H and O–H groups in total. The topological polar surface area (TPSA) is 38.8 Å². The van der Waals surface area contributed by atoms with E-state index in [4.69, 9.17) is 9.47 Å². The van der Waals surface area contributed by atoms with Crippen LogP contribution in [0, 0.1) is 0 Å². The Labute approximate surface area is 148 Å². The summed E-state index contributed by atoms with van der Waals surface area (Å²) >= 11 is 0. The third-order valence-electron chi connectivity index (χ3n) is 4.60. The van der Waals surface area contributed by atoms with Crippen LogP contribution >= 0.6 is 0 Å². The van der Waals surface area contributed by atoms with Crippen molar-refractivity contribution >= 4 is 12.0 Å². The van der Waals surface area contributed by atoms with Crippen molar-refractivity contribution in [2.75, 3.05) is 27.3 Å². The quantitative estimate of drug-likeness (QED) is 0.780. The van der Waals surface area contributed by atoms with Crippen molar-refractivity contribution in [1.82, 2.24) is 4.90 Å². The van der Waals surface area contributed by atoms with Gasteiger partial charge in [-0.05, 0) is 35.8 Å². The van der Waals surface area contributed by atoms with Crippen molar-refractivity contribution in [3.63, 3.8) is 0 Å². The maximum Gasteiger partial charge on any atom is 0.246 e. The van der Waals surface area contributed by atoms with Crippen LogP contribution in [-0.2, 0) is 4.79 Å². The van der Waals surface area contributed by atoms with Crippen LogP contribution in [0.15, 0.2) is 54.6 Å². The number of rotatable bonds is 5. The molecule has 0 radical (unpaired) electrons. The zero-order chi connectivity index (χ0) is 17.6. The number of likely N-dealkylation sites (tertiary alicyclic amines) is 1. The maximum atomic E-state index is 12.5. The number of amides is 1. The summed E-state index contributed by atoms with van der Waals surface area (Å²) in [7, 11) is 3.21. The van der Waals surface area contributed by atoms with Crippen LogP contribution in [-0.4, -0.2) is 38.1 Å². The number of benzene rings is 2. The summed E-state index contributed by atoms with van der Waals surface area (Å²) in [6, 6.07) is 16.0. The second kappa shape index (κ2) is 7.88. The Morgan fingerprint density at radius 3 is 2.56 bits per heavy atom. The number of methoxy groups -OCH3 is 2. The van der Waals surface area contributed by atoms with Crippen LogP contribution in [0.5, 0.6) is 11.5 Å². The van der Waals surface area contributed by atoms with Crippen LogP contribution in [0.2, 0.25) is 0 Å². The van der Waals surface area contributed by atoms with E-state index in [1.165, 1.54) is 5.56 Å². The molecule has 1 saturated heterocycles. The molecule has 1 unspecified atom stereocenters. The molecule has 130 valence electrons. The van der Waals surface area contributed by atoms with E-state index in [-0.39, 0.29) is 5.91 Å². The van der Waals surface area contributed by atoms with E-state index >= 15 is 0 Å². The minimum Gasteiger partial charge on any atom is -0.493 e. The molecule has 25 heavy (non-hydrogen) atoms. The second-order valence-corrected chi connectivity index (χ2v) is 6.13. The number of ether oxygens (including phenoxy) is 2. The van der Waals surface area contributed by atoms with Gasteiger partial charge in [-0.1, -0.05) is 36.4 Å². The van der Waals surface area contributed by atoms with Gasteiger partial charge in [0.15, 0.2) is 11.5 Å². The van der Waals surface area contributed by atoms with Crippen LogP contribution in [0.4, 0.5) is 0 Å². The zero-order valence-corrected chi connectivity index (χ0v) is 14.6. The molecule has 1 fully saturated rings. The van der Waals surface area contributed by atoms with E-state index in [1.807, 2.05) is 35.2 Å². The van der Waals surface area contributed by atoms with Gasteiger partial charge in [0.2, 0.25) is 5.91 Å². The monoisotopic (exact) mass is 337 g/mol. The summed E-state index contributed by atoms with van der Waals surface area (Å²) in [5.41, 5.74) is 2.21. The van der Waals surface area contributed by atoms with Crippen molar-refractivity contribution in [3.8, 4) is 11.5 Å². The van der Waals surface area contributed by atoms with E-state index in [0.717, 1.165) is 25.1 Å². The Morgan fingerprint density at radius 1 is 1.08 bits per heavy atom. The molecule has 2 aromatic rings. The zero-order valence-electron chi connectivity index (χ0n) is 14.6. The lowest BCUT2D eigenvalue weighted by atomic mass is 9.99. The minimum absolute atomic E-state index is 0.0493. The van der Waals surface area contributed by atoms with Gasteiger partial charge in [-0.3, -0.25) is 4.79 Å². The highest BCUT2D eigenvalue weighted by Crippen LogP contribution is 2.29. The Bertz CT molecular complexity index is 755. The molecular formula is C21H23NO3. The molecule has 0 aliphatic carbocycles. The summed E-state index contributed by atoms with van der Waals surface area (Å²) in [4.78, 5) is 14.4. The molecule has 4 heteroatoms. The lowest BCUT2D eigenvalue weighted by Gasteiger charge is -2.14. The first-order valence-corrected chi connectivity index (χ1v) is 8.45. The fourth-order valence-corrected chi connectivity index (χ4v) is 3.19. The van der Waals surface area contributed by atoms with E-state index in [1.54, 1.807) is 20.3 Å². The number of hydrogen-bond donors (Lipinski definition) is 0. The molecule has 3 rings (SSSR count). The molecule has 1 atom stereocenters. The van der Waals surface area contributed by atoms with Crippen molar-refractivity contribution in [2.45, 2.75) is 12.3 Å². The van der Waals surface area contributed by atoms with Gasteiger partial charge in [-0.25, -0.2) is 0 Å². The van der Waals surface area contributed by atoms with E-state index in [2.05, 4.69) is 24.3 Å². The van der Waals surface area contributed by atoms with Crippen LogP contribution in [0.25, 0.3) is 6.08 Å². The lowest BCUT2D eigenvalue weighted by molar-refractivity contribution is -0.124. The predicted molar refractivity (Wildman–Crippen MR) is 99.0 cm³/mol. The standard InChI is InChI=1S/C21H23NO3/c1-24-19-10-8-16(14-20(19)25-2)9-11-21(23)22-13-12-18(15-22)17-6-4-3-5-7-17/h3-11,14,18H,12-13,15H2,1-2H3/b11-9+. The molecule has 1 amide bonds. The van der Waals surface area contributed by atoms with Crippen molar-refractivity contribution in [1.29, 1.82) is 0 Å². The Balaban J connectivity index is 1.64. The summed E-state index contributed by atoms with van der Waals surface area (Å²) in [5, 5.41) is 0. The van der Waals surface area contributed by atoms with Gasteiger partial charge in [0.1, 0.15) is 0 Å². The predicted octanol–water partition coefficient (Wildman–Crippen LogP) is 3.73. The first kappa shape index (κ1) is 17.1. The summed E-state index contributed by atoms with van der Waals surface area (Å²) in [6.45, 7) is 1.58. The molecule has 4 nitrogen and oxygen atoms in total. The van der Waals surface area contributed by atoms with Crippen molar-refractivity contribution in [2.24, 2.45) is 0 Å². The number of hydrogen-bond acceptors (Lipinski definition) is 3. The smallest absolute Gasteiger partial charge is 0.246 e. The third-order valence-corrected chi connectivity index (χ3v) is 4.60. The first-order valence-electron chi connectivity index (χ1n) is 8.45. The Hall–Kier alpha value is -2.75. The second-order valence-electron chi connectivity index (χ2n) is 6.13. The largest absolute Gasteiger partial charge is 0.493 e. The number of nitrogens with zero attached hydrogens (tertiary/aromatic N) is 1. The highest BCUT2D eigenvalue weighted by atomic mass is 16.5. The van der Waals surface area contributed by atoms with Crippen LogP contribution in [0.3, 0.4) is 0 Å². The average molecular weight is 337 g/mol. The van der Waals surface area contributed by atoms with Gasteiger partial charge >= 0.3 is 0 Å². The molecule has 0 spiro atoms. The molecule has 1 aliphatic heterocycles. The van der Waals surface area contributed by atoms with Crippen LogP contribution < -0.4 is 9.47 Å². The van der Waals surface area contributed by atoms with Crippen LogP contribution in [0.1, 0.15) is 23.5 Å². The van der Waals surface area contributed by atoms with Gasteiger partial charge < -0.3 is 14.4 Å².